The van der Waals surface area contributed by atoms with E-state index in [2.05, 4.69) is 4.98 Å². The van der Waals surface area contributed by atoms with E-state index < -0.39 is 23.0 Å². The van der Waals surface area contributed by atoms with Gasteiger partial charge in [0.15, 0.2) is 0 Å². The average Bonchev–Trinajstić information content (AvgIpc) is 2.08. The number of nitrogens with zero attached hydrogens (tertiary/aromatic N) is 1. The zero-order chi connectivity index (χ0) is 10.9. The van der Waals surface area contributed by atoms with Crippen LogP contribution in [0.4, 0.5) is 14.5 Å². The second-order valence-electron chi connectivity index (χ2n) is 2.36. The molecule has 0 radical (unpaired) electrons. The highest BCUT2D eigenvalue weighted by Gasteiger charge is 2.19. The number of nitrogens with two attached hydrogens (primary N) is 1. The maximum Gasteiger partial charge on any atom is 0.282 e. The lowest BCUT2D eigenvalue weighted by Crippen LogP contribution is -2.03. The summed E-state index contributed by atoms with van der Waals surface area (Å²) in [5.41, 5.74) is 3.97. The van der Waals surface area contributed by atoms with Gasteiger partial charge >= 0.3 is 0 Å². The fourth-order valence-corrected chi connectivity index (χ4v) is 1.25. The van der Waals surface area contributed by atoms with Gasteiger partial charge in [-0.2, -0.15) is 0 Å². The minimum Gasteiger partial charge on any atom is -0.396 e. The van der Waals surface area contributed by atoms with Crippen LogP contribution in [0.3, 0.4) is 0 Å². The molecule has 0 unspecified atom stereocenters. The molecule has 7 heteroatoms. The first-order valence-corrected chi connectivity index (χ1v) is 4.12. The number of nitrogen functional groups attached to an aromatic ring is 1. The third-order valence-electron chi connectivity index (χ3n) is 1.50. The summed E-state index contributed by atoms with van der Waals surface area (Å²) in [5.74, 6) is 0. The van der Waals surface area contributed by atoms with Gasteiger partial charge in [0.1, 0.15) is 5.69 Å². The molecule has 0 aliphatic heterocycles. The largest absolute Gasteiger partial charge is 0.396 e. The smallest absolute Gasteiger partial charge is 0.282 e. The Labute approximate surface area is 87.8 Å². The molecule has 1 aromatic heterocycles. The van der Waals surface area contributed by atoms with Crippen LogP contribution in [0.15, 0.2) is 6.20 Å². The molecule has 1 rings (SSSR count). The number of hydrogen-bond donors (Lipinski definition) is 1. The van der Waals surface area contributed by atoms with Gasteiger partial charge in [-0.25, -0.2) is 8.78 Å². The van der Waals surface area contributed by atoms with Gasteiger partial charge in [-0.15, -0.1) is 0 Å². The Morgan fingerprint density at radius 3 is 2.57 bits per heavy atom. The van der Waals surface area contributed by atoms with Gasteiger partial charge in [-0.3, -0.25) is 9.78 Å². The van der Waals surface area contributed by atoms with E-state index in [4.69, 9.17) is 28.9 Å². The normalized spacial score (nSPS) is 10.6. The summed E-state index contributed by atoms with van der Waals surface area (Å²) in [6.07, 6.45) is -1.97. The molecule has 0 aromatic carbocycles. The monoisotopic (exact) mass is 240 g/mol. The summed E-state index contributed by atoms with van der Waals surface area (Å²) in [5, 5.41) is -1.19. The standard InChI is InChI=1S/C7H4Cl2F2N2O/c8-3-2(6(9)14)1-13-5(4(3)12)7(10)11/h1,7H,12H2. The van der Waals surface area contributed by atoms with Crippen LogP contribution in [0.1, 0.15) is 22.5 Å². The molecule has 0 saturated heterocycles. The molecule has 2 N–H and O–H groups in total. The third-order valence-corrected chi connectivity index (χ3v) is 2.11. The first-order valence-electron chi connectivity index (χ1n) is 3.37. The first kappa shape index (κ1) is 11.1. The Kier molecular flexibility index (Phi) is 3.23. The van der Waals surface area contributed by atoms with Gasteiger partial charge in [-0.1, -0.05) is 11.6 Å². The van der Waals surface area contributed by atoms with E-state index in [0.717, 1.165) is 6.20 Å². The molecule has 0 aliphatic carbocycles. The van der Waals surface area contributed by atoms with Crippen molar-refractivity contribution >= 4 is 34.1 Å². The molecule has 0 amide bonds. The predicted molar refractivity (Wildman–Crippen MR) is 48.8 cm³/mol. The highest BCUT2D eigenvalue weighted by atomic mass is 35.5. The Balaban J connectivity index is 3.33. The number of carbonyl (C=O) groups excluding carboxylic acids is 1. The van der Waals surface area contributed by atoms with Crippen LogP contribution < -0.4 is 5.73 Å². The maximum atomic E-state index is 12.2. The van der Waals surface area contributed by atoms with Crippen LogP contribution in [0, 0.1) is 0 Å². The summed E-state index contributed by atoms with van der Waals surface area (Å²) in [7, 11) is 0. The van der Waals surface area contributed by atoms with E-state index in [1.54, 1.807) is 0 Å². The van der Waals surface area contributed by atoms with Crippen molar-refractivity contribution in [3.63, 3.8) is 0 Å². The van der Waals surface area contributed by atoms with Gasteiger partial charge in [0.2, 0.25) is 0 Å². The molecule has 76 valence electrons. The van der Waals surface area contributed by atoms with E-state index in [9.17, 15) is 13.6 Å². The van der Waals surface area contributed by atoms with Crippen LogP contribution in [0.5, 0.6) is 0 Å². The summed E-state index contributed by atoms with van der Waals surface area (Å²) >= 11 is 10.6. The second-order valence-corrected chi connectivity index (χ2v) is 3.08. The van der Waals surface area contributed by atoms with Crippen LogP contribution in [0.25, 0.3) is 0 Å². The number of carbonyl (C=O) groups is 1. The van der Waals surface area contributed by atoms with E-state index in [0.29, 0.717) is 0 Å². The summed E-state index contributed by atoms with van der Waals surface area (Å²) < 4.78 is 24.4. The van der Waals surface area contributed by atoms with E-state index in [-0.39, 0.29) is 10.6 Å². The van der Waals surface area contributed by atoms with Gasteiger partial charge in [0, 0.05) is 6.20 Å². The summed E-state index contributed by atoms with van der Waals surface area (Å²) in [6, 6.07) is 0. The van der Waals surface area contributed by atoms with Crippen molar-refractivity contribution in [3.8, 4) is 0 Å². The Morgan fingerprint density at radius 2 is 2.14 bits per heavy atom. The summed E-state index contributed by atoms with van der Waals surface area (Å²) in [4.78, 5) is 14.0. The highest BCUT2D eigenvalue weighted by Crippen LogP contribution is 2.31. The van der Waals surface area contributed by atoms with Crippen molar-refractivity contribution in [1.29, 1.82) is 0 Å². The molecule has 3 nitrogen and oxygen atoms in total. The highest BCUT2D eigenvalue weighted by molar-refractivity contribution is 6.68. The topological polar surface area (TPSA) is 56.0 Å². The number of alkyl halides is 2. The molecule has 0 fully saturated rings. The fourth-order valence-electron chi connectivity index (χ4n) is 0.829. The van der Waals surface area contributed by atoms with E-state index >= 15 is 0 Å². The van der Waals surface area contributed by atoms with Crippen molar-refractivity contribution in [2.75, 3.05) is 5.73 Å². The van der Waals surface area contributed by atoms with Gasteiger partial charge in [0.25, 0.3) is 11.7 Å². The van der Waals surface area contributed by atoms with Crippen molar-refractivity contribution in [3.05, 3.63) is 22.5 Å². The van der Waals surface area contributed by atoms with E-state index in [1.807, 2.05) is 0 Å². The molecule has 0 saturated carbocycles. The Bertz CT molecular complexity index is 384. The molecular weight excluding hydrogens is 237 g/mol. The van der Waals surface area contributed by atoms with Gasteiger partial charge in [0.05, 0.1) is 16.3 Å². The molecule has 1 aromatic rings. The van der Waals surface area contributed by atoms with Crippen LogP contribution >= 0.6 is 23.2 Å². The van der Waals surface area contributed by atoms with Crippen molar-refractivity contribution in [2.24, 2.45) is 0 Å². The lowest BCUT2D eigenvalue weighted by molar-refractivity contribution is 0.108. The molecule has 0 bridgehead atoms. The first-order chi connectivity index (χ1) is 6.45. The molecule has 0 aliphatic rings. The van der Waals surface area contributed by atoms with Crippen LogP contribution in [0.2, 0.25) is 5.02 Å². The number of pyridine rings is 1. The van der Waals surface area contributed by atoms with Crippen LogP contribution in [-0.4, -0.2) is 10.2 Å². The molecule has 14 heavy (non-hydrogen) atoms. The number of rotatable bonds is 2. The van der Waals surface area contributed by atoms with Crippen molar-refractivity contribution < 1.29 is 13.6 Å². The summed E-state index contributed by atoms with van der Waals surface area (Å²) in [6.45, 7) is 0. The Hall–Kier alpha value is -0.940. The van der Waals surface area contributed by atoms with Gasteiger partial charge in [-0.05, 0) is 11.6 Å². The Morgan fingerprint density at radius 1 is 1.57 bits per heavy atom. The van der Waals surface area contributed by atoms with Crippen molar-refractivity contribution in [1.82, 2.24) is 4.98 Å². The van der Waals surface area contributed by atoms with E-state index in [1.165, 1.54) is 0 Å². The zero-order valence-corrected chi connectivity index (χ0v) is 8.11. The van der Waals surface area contributed by atoms with Crippen molar-refractivity contribution in [2.45, 2.75) is 6.43 Å². The minimum absolute atomic E-state index is 0.185. The van der Waals surface area contributed by atoms with Gasteiger partial charge < -0.3 is 5.73 Å². The number of halogens is 4. The number of hydrogen-bond acceptors (Lipinski definition) is 3. The lowest BCUT2D eigenvalue weighted by atomic mass is 10.2. The molecule has 1 heterocycles. The maximum absolute atomic E-state index is 12.2. The SMILES string of the molecule is Nc1c(C(F)F)ncc(C(=O)Cl)c1Cl. The quantitative estimate of drug-likeness (QED) is 0.809. The number of aromatic nitrogens is 1. The lowest BCUT2D eigenvalue weighted by Gasteiger charge is -2.06. The minimum atomic E-state index is -2.84. The second kappa shape index (κ2) is 4.06. The third kappa shape index (κ3) is 1.93. The molecular formula is C7H4Cl2F2N2O. The average molecular weight is 241 g/mol. The predicted octanol–water partition coefficient (Wildman–Crippen LogP) is 2.63. The fraction of sp³-hybridized carbons (Fsp3) is 0.143. The van der Waals surface area contributed by atoms with Crippen LogP contribution in [-0.2, 0) is 0 Å². The molecule has 0 atom stereocenters. The zero-order valence-electron chi connectivity index (χ0n) is 6.60. The number of anilines is 1. The molecule has 0 spiro atoms.